The molecule has 2 N–H and O–H groups in total. The molecule has 0 aromatic heterocycles. The molecule has 1 amide bonds. The summed E-state index contributed by atoms with van der Waals surface area (Å²) < 4.78 is 10.7. The van der Waals surface area contributed by atoms with Crippen LogP contribution >= 0.6 is 24.0 Å². The third kappa shape index (κ3) is 5.65. The van der Waals surface area contributed by atoms with E-state index >= 15 is 0 Å². The summed E-state index contributed by atoms with van der Waals surface area (Å²) in [5.74, 6) is 0.481. The van der Waals surface area contributed by atoms with Gasteiger partial charge in [-0.2, -0.15) is 0 Å². The summed E-state index contributed by atoms with van der Waals surface area (Å²) in [7, 11) is 1.67. The van der Waals surface area contributed by atoms with Crippen molar-refractivity contribution in [3.8, 4) is 5.75 Å². The number of ether oxygens (including phenoxy) is 2. The molecule has 1 fully saturated rings. The molecule has 0 saturated carbocycles. The molecule has 5 nitrogen and oxygen atoms in total. The second kappa shape index (κ2) is 9.20. The highest BCUT2D eigenvalue weighted by atomic mass is 35.5. The predicted octanol–water partition coefficient (Wildman–Crippen LogP) is 2.03. The summed E-state index contributed by atoms with van der Waals surface area (Å²) in [5, 5.41) is 6.95. The van der Waals surface area contributed by atoms with Crippen molar-refractivity contribution in [2.24, 2.45) is 0 Å². The maximum absolute atomic E-state index is 11.9. The summed E-state index contributed by atoms with van der Waals surface area (Å²) in [6.45, 7) is 2.08. The molecule has 0 bridgehead atoms. The van der Waals surface area contributed by atoms with Crippen LogP contribution in [0.2, 0.25) is 5.02 Å². The van der Waals surface area contributed by atoms with Crippen LogP contribution in [-0.4, -0.2) is 44.9 Å². The number of halogens is 2. The second-order valence-corrected chi connectivity index (χ2v) is 5.70. The van der Waals surface area contributed by atoms with Gasteiger partial charge >= 0.3 is 0 Å². The van der Waals surface area contributed by atoms with Crippen LogP contribution < -0.4 is 15.4 Å². The molecule has 124 valence electrons. The van der Waals surface area contributed by atoms with Gasteiger partial charge in [-0.15, -0.1) is 12.4 Å². The number of carbonyl (C=O) groups excluding carboxylic acids is 1. The fourth-order valence-corrected chi connectivity index (χ4v) is 2.59. The van der Waals surface area contributed by atoms with Crippen LogP contribution in [-0.2, 0) is 9.53 Å². The fraction of sp³-hybridized carbons (Fsp3) is 0.533. The Labute approximate surface area is 142 Å². The Morgan fingerprint density at radius 2 is 2.14 bits per heavy atom. The van der Waals surface area contributed by atoms with E-state index in [0.29, 0.717) is 23.9 Å². The molecule has 0 aliphatic carbocycles. The Hall–Kier alpha value is -1.01. The molecule has 22 heavy (non-hydrogen) atoms. The van der Waals surface area contributed by atoms with E-state index in [-0.39, 0.29) is 30.5 Å². The van der Waals surface area contributed by atoms with E-state index in [1.165, 1.54) is 0 Å². The lowest BCUT2D eigenvalue weighted by Crippen LogP contribution is -2.53. The van der Waals surface area contributed by atoms with Gasteiger partial charge in [0.15, 0.2) is 6.61 Å². The number of rotatable bonds is 7. The van der Waals surface area contributed by atoms with Crippen molar-refractivity contribution in [1.82, 2.24) is 10.6 Å². The zero-order valence-corrected chi connectivity index (χ0v) is 14.1. The molecule has 0 radical (unpaired) electrons. The van der Waals surface area contributed by atoms with Crippen molar-refractivity contribution >= 4 is 29.9 Å². The van der Waals surface area contributed by atoms with E-state index in [1.54, 1.807) is 31.4 Å². The molecule has 1 unspecified atom stereocenters. The number of nitrogens with one attached hydrogen (secondary N) is 2. The first-order valence-electron chi connectivity index (χ1n) is 7.03. The van der Waals surface area contributed by atoms with Gasteiger partial charge in [-0.25, -0.2) is 0 Å². The lowest BCUT2D eigenvalue weighted by atomic mass is 9.99. The second-order valence-electron chi connectivity index (χ2n) is 5.26. The highest BCUT2D eigenvalue weighted by molar-refractivity contribution is 6.30. The lowest BCUT2D eigenvalue weighted by Gasteiger charge is -2.28. The molecule has 1 atom stereocenters. The lowest BCUT2D eigenvalue weighted by molar-refractivity contribution is -0.123. The first-order chi connectivity index (χ1) is 10.1. The molecule has 1 heterocycles. The van der Waals surface area contributed by atoms with E-state index in [2.05, 4.69) is 10.6 Å². The van der Waals surface area contributed by atoms with E-state index < -0.39 is 0 Å². The van der Waals surface area contributed by atoms with E-state index in [1.807, 2.05) is 0 Å². The number of hydrogen-bond donors (Lipinski definition) is 2. The van der Waals surface area contributed by atoms with E-state index in [0.717, 1.165) is 19.4 Å². The molecule has 1 aromatic carbocycles. The Bertz CT molecular complexity index is 462. The van der Waals surface area contributed by atoms with Crippen LogP contribution in [0.3, 0.4) is 0 Å². The Balaban J connectivity index is 0.00000242. The summed E-state index contributed by atoms with van der Waals surface area (Å²) in [4.78, 5) is 11.9. The van der Waals surface area contributed by atoms with E-state index in [4.69, 9.17) is 21.1 Å². The summed E-state index contributed by atoms with van der Waals surface area (Å²) in [6.07, 6.45) is 2.10. The number of methoxy groups -OCH3 is 1. The number of amides is 1. The molecule has 1 aliphatic rings. The van der Waals surface area contributed by atoms with Crippen molar-refractivity contribution in [2.45, 2.75) is 18.4 Å². The minimum atomic E-state index is -0.148. The summed E-state index contributed by atoms with van der Waals surface area (Å²) in [6, 6.07) is 6.93. The third-order valence-electron chi connectivity index (χ3n) is 3.56. The predicted molar refractivity (Wildman–Crippen MR) is 89.0 cm³/mol. The molecular weight excluding hydrogens is 327 g/mol. The average Bonchev–Trinajstić information content (AvgIpc) is 2.94. The van der Waals surface area contributed by atoms with Crippen LogP contribution in [0, 0.1) is 0 Å². The number of carbonyl (C=O) groups is 1. The van der Waals surface area contributed by atoms with Crippen molar-refractivity contribution in [3.05, 3.63) is 29.3 Å². The molecule has 1 aliphatic heterocycles. The van der Waals surface area contributed by atoms with Crippen molar-refractivity contribution in [2.75, 3.05) is 33.4 Å². The SMILES string of the molecule is COCC1(CNC(=O)COc2ccc(Cl)cc2)CCCN1.Cl. The zero-order chi connectivity index (χ0) is 15.1. The van der Waals surface area contributed by atoms with Gasteiger partial charge in [-0.05, 0) is 43.7 Å². The Morgan fingerprint density at radius 1 is 1.41 bits per heavy atom. The standard InChI is InChI=1S/C15H21ClN2O3.ClH/c1-20-11-15(7-2-8-18-15)10-17-14(19)9-21-13-5-3-12(16)4-6-13;/h3-6,18H,2,7-11H2,1H3,(H,17,19);1H. The molecule has 1 aromatic rings. The summed E-state index contributed by atoms with van der Waals surface area (Å²) in [5.41, 5.74) is -0.148. The van der Waals surface area contributed by atoms with Crippen molar-refractivity contribution in [3.63, 3.8) is 0 Å². The Morgan fingerprint density at radius 3 is 2.73 bits per heavy atom. The maximum Gasteiger partial charge on any atom is 0.258 e. The van der Waals surface area contributed by atoms with Crippen LogP contribution in [0.5, 0.6) is 5.75 Å². The molecule has 7 heteroatoms. The van der Waals surface area contributed by atoms with Crippen molar-refractivity contribution < 1.29 is 14.3 Å². The van der Waals surface area contributed by atoms with Crippen LogP contribution in [0.4, 0.5) is 0 Å². The molecule has 2 rings (SSSR count). The normalized spacial score (nSPS) is 20.3. The van der Waals surface area contributed by atoms with Crippen LogP contribution in [0.15, 0.2) is 24.3 Å². The first-order valence-corrected chi connectivity index (χ1v) is 7.40. The highest BCUT2D eigenvalue weighted by Gasteiger charge is 2.33. The van der Waals surface area contributed by atoms with Gasteiger partial charge in [0.25, 0.3) is 5.91 Å². The molecule has 1 saturated heterocycles. The smallest absolute Gasteiger partial charge is 0.258 e. The number of hydrogen-bond acceptors (Lipinski definition) is 4. The minimum Gasteiger partial charge on any atom is -0.484 e. The highest BCUT2D eigenvalue weighted by Crippen LogP contribution is 2.19. The zero-order valence-electron chi connectivity index (χ0n) is 12.6. The monoisotopic (exact) mass is 348 g/mol. The van der Waals surface area contributed by atoms with Crippen molar-refractivity contribution in [1.29, 1.82) is 0 Å². The maximum atomic E-state index is 11.9. The van der Waals surface area contributed by atoms with Gasteiger partial charge in [-0.1, -0.05) is 11.6 Å². The van der Waals surface area contributed by atoms with Gasteiger partial charge in [0.05, 0.1) is 12.1 Å². The minimum absolute atomic E-state index is 0. The topological polar surface area (TPSA) is 59.6 Å². The van der Waals surface area contributed by atoms with Crippen LogP contribution in [0.1, 0.15) is 12.8 Å². The molecular formula is C15H22Cl2N2O3. The van der Waals surface area contributed by atoms with Gasteiger partial charge in [-0.3, -0.25) is 4.79 Å². The van der Waals surface area contributed by atoms with E-state index in [9.17, 15) is 4.79 Å². The number of benzene rings is 1. The van der Waals surface area contributed by atoms with Gasteiger partial charge in [0, 0.05) is 18.7 Å². The largest absolute Gasteiger partial charge is 0.484 e. The van der Waals surface area contributed by atoms with Gasteiger partial charge < -0.3 is 20.1 Å². The first kappa shape index (κ1) is 19.0. The van der Waals surface area contributed by atoms with Gasteiger partial charge in [0.2, 0.25) is 0 Å². The quantitative estimate of drug-likeness (QED) is 0.791. The van der Waals surface area contributed by atoms with Crippen LogP contribution in [0.25, 0.3) is 0 Å². The third-order valence-corrected chi connectivity index (χ3v) is 3.81. The average molecular weight is 349 g/mol. The van der Waals surface area contributed by atoms with Gasteiger partial charge in [0.1, 0.15) is 5.75 Å². The molecule has 0 spiro atoms. The Kier molecular flexibility index (Phi) is 7.96. The summed E-state index contributed by atoms with van der Waals surface area (Å²) >= 11 is 5.79. The fourth-order valence-electron chi connectivity index (χ4n) is 2.47.